The molecule has 1 N–H and O–H groups in total. The zero-order valence-electron chi connectivity index (χ0n) is 27.6. The van der Waals surface area contributed by atoms with Crippen LogP contribution in [0.15, 0.2) is 40.0 Å². The molecule has 2 amide bonds. The van der Waals surface area contributed by atoms with Gasteiger partial charge in [0.2, 0.25) is 0 Å². The number of halogens is 2. The van der Waals surface area contributed by atoms with Crippen LogP contribution in [0, 0.1) is 11.7 Å². The number of ether oxygens (including phenoxy) is 2. The molecule has 0 bridgehead atoms. The summed E-state index contributed by atoms with van der Waals surface area (Å²) in [7, 11) is 0. The summed E-state index contributed by atoms with van der Waals surface area (Å²) >= 11 is 7.95. The number of aliphatic hydroxyl groups is 1. The molecule has 2 aliphatic carbocycles. The number of imide groups is 1. The number of carbonyl (C=O) groups is 3. The lowest BCUT2D eigenvalue weighted by molar-refractivity contribution is -0.117. The summed E-state index contributed by atoms with van der Waals surface area (Å²) in [5.41, 5.74) is 1.31. The molecule has 2 fully saturated rings. The normalized spacial score (nSPS) is 19.7. The van der Waals surface area contributed by atoms with Crippen LogP contribution in [0.5, 0.6) is 5.75 Å². The first kappa shape index (κ1) is 37.4. The molecule has 4 rings (SSSR count). The number of anilines is 1. The second-order valence-corrected chi connectivity index (χ2v) is 13.9. The van der Waals surface area contributed by atoms with E-state index in [0.717, 1.165) is 50.3 Å². The van der Waals surface area contributed by atoms with Crippen LogP contribution in [0.1, 0.15) is 99.3 Å². The number of oxime groups is 1. The number of nitrogens with zero attached hydrogens (tertiary/aromatic N) is 2. The van der Waals surface area contributed by atoms with E-state index in [0.29, 0.717) is 52.9 Å². The van der Waals surface area contributed by atoms with Gasteiger partial charge < -0.3 is 19.4 Å². The first-order valence-electron chi connectivity index (χ1n) is 16.1. The zero-order chi connectivity index (χ0) is 34.0. The fourth-order valence-electron chi connectivity index (χ4n) is 5.74. The fourth-order valence-corrected chi connectivity index (χ4v) is 6.91. The van der Waals surface area contributed by atoms with Crippen molar-refractivity contribution in [1.82, 2.24) is 0 Å². The SMILES string of the molecule is CC(C)=C1OC(=O)N(c2cc(OC3CCCC3)c(Cl)cc2F)C1=O.CCC/C(=N\OCC)C1=C(O)CC(CC(C)SCC)CC1=O. The van der Waals surface area contributed by atoms with Gasteiger partial charge in [-0.3, -0.25) is 9.59 Å². The van der Waals surface area contributed by atoms with Crippen molar-refractivity contribution in [2.24, 2.45) is 11.1 Å². The summed E-state index contributed by atoms with van der Waals surface area (Å²) in [4.78, 5) is 42.6. The average molecular weight is 681 g/mol. The van der Waals surface area contributed by atoms with Gasteiger partial charge in [-0.05, 0) is 82.6 Å². The largest absolute Gasteiger partial charge is 0.511 e. The summed E-state index contributed by atoms with van der Waals surface area (Å²) in [6.07, 6.45) is 6.56. The van der Waals surface area contributed by atoms with E-state index < -0.39 is 17.8 Å². The number of hydrogen-bond donors (Lipinski definition) is 1. The van der Waals surface area contributed by atoms with E-state index in [1.165, 1.54) is 6.07 Å². The third kappa shape index (κ3) is 9.73. The standard InChI is InChI=1S/C17H17ClFNO4.C17H29NO3S/c1-9(2)15-16(21)20(17(22)24-15)13-8-14(11(18)7-12(13)19)23-10-5-3-4-6-10;1-5-8-14(18-21-6-2)17-15(19)10-13(11-16(17)20)9-12(4)22-7-3/h7-8,10H,3-6H2,1-2H3;12-13,19H,5-11H2,1-4H3/b;18-14+. The molecule has 2 unspecified atom stereocenters. The molecule has 1 saturated heterocycles. The quantitative estimate of drug-likeness (QED) is 0.132. The molecule has 0 spiro atoms. The maximum absolute atomic E-state index is 14.3. The lowest BCUT2D eigenvalue weighted by Crippen LogP contribution is -2.29. The number of allylic oxidation sites excluding steroid dienone is 3. The van der Waals surface area contributed by atoms with Crippen LogP contribution >= 0.6 is 23.4 Å². The number of aliphatic hydroxyl groups excluding tert-OH is 1. The molecular weight excluding hydrogens is 635 g/mol. The van der Waals surface area contributed by atoms with Gasteiger partial charge in [-0.25, -0.2) is 14.1 Å². The van der Waals surface area contributed by atoms with Crippen molar-refractivity contribution in [2.75, 3.05) is 17.3 Å². The Labute approximate surface area is 280 Å². The van der Waals surface area contributed by atoms with E-state index in [1.54, 1.807) is 13.8 Å². The van der Waals surface area contributed by atoms with E-state index in [1.807, 2.05) is 25.6 Å². The van der Waals surface area contributed by atoms with Gasteiger partial charge in [-0.2, -0.15) is 11.8 Å². The number of cyclic esters (lactones) is 1. The molecule has 1 heterocycles. The summed E-state index contributed by atoms with van der Waals surface area (Å²) in [6, 6.07) is 2.32. The molecule has 1 saturated carbocycles. The topological polar surface area (TPSA) is 115 Å². The summed E-state index contributed by atoms with van der Waals surface area (Å²) in [5, 5.41) is 15.0. The average Bonchev–Trinajstić information content (AvgIpc) is 3.60. The number of rotatable bonds is 12. The smallest absolute Gasteiger partial charge is 0.427 e. The van der Waals surface area contributed by atoms with Crippen LogP contribution in [0.25, 0.3) is 0 Å². The highest BCUT2D eigenvalue weighted by atomic mass is 35.5. The molecule has 46 heavy (non-hydrogen) atoms. The van der Waals surface area contributed by atoms with Gasteiger partial charge in [-0.1, -0.05) is 43.9 Å². The van der Waals surface area contributed by atoms with Gasteiger partial charge in [0.25, 0.3) is 0 Å². The monoisotopic (exact) mass is 680 g/mol. The van der Waals surface area contributed by atoms with E-state index in [9.17, 15) is 23.9 Å². The number of Topliss-reactive ketones (excluding diaryl/α,β-unsaturated/α-hetero) is 1. The maximum Gasteiger partial charge on any atom is 0.427 e. The second-order valence-electron chi connectivity index (χ2n) is 11.8. The number of amides is 2. The number of ketones is 1. The first-order chi connectivity index (χ1) is 21.9. The summed E-state index contributed by atoms with van der Waals surface area (Å²) < 4.78 is 25.1. The molecule has 254 valence electrons. The Kier molecular flexibility index (Phi) is 14.4. The molecule has 1 aromatic carbocycles. The predicted molar refractivity (Wildman–Crippen MR) is 180 cm³/mol. The highest BCUT2D eigenvalue weighted by Crippen LogP contribution is 2.38. The minimum absolute atomic E-state index is 0.00866. The summed E-state index contributed by atoms with van der Waals surface area (Å²) in [6.45, 7) is 11.9. The van der Waals surface area contributed by atoms with Gasteiger partial charge in [0.15, 0.2) is 11.5 Å². The lowest BCUT2D eigenvalue weighted by atomic mass is 9.82. The first-order valence-corrected chi connectivity index (χ1v) is 17.5. The molecule has 1 aliphatic heterocycles. The van der Waals surface area contributed by atoms with Gasteiger partial charge in [0.05, 0.1) is 28.1 Å². The Morgan fingerprint density at radius 2 is 1.87 bits per heavy atom. The maximum atomic E-state index is 14.3. The van der Waals surface area contributed by atoms with Crippen LogP contribution < -0.4 is 9.64 Å². The number of carbonyl (C=O) groups excluding carboxylic acids is 3. The highest BCUT2D eigenvalue weighted by molar-refractivity contribution is 7.99. The van der Waals surface area contributed by atoms with Crippen LogP contribution in [-0.4, -0.2) is 52.3 Å². The lowest BCUT2D eigenvalue weighted by Gasteiger charge is -2.25. The molecule has 2 atom stereocenters. The van der Waals surface area contributed by atoms with Crippen molar-refractivity contribution in [3.63, 3.8) is 0 Å². The number of thioether (sulfide) groups is 1. The molecule has 1 aromatic rings. The van der Waals surface area contributed by atoms with Crippen molar-refractivity contribution in [3.8, 4) is 5.75 Å². The summed E-state index contributed by atoms with van der Waals surface area (Å²) in [5.74, 6) is 0.193. The minimum atomic E-state index is -0.941. The Hall–Kier alpha value is -3.05. The van der Waals surface area contributed by atoms with Crippen LogP contribution in [-0.2, 0) is 19.2 Å². The highest BCUT2D eigenvalue weighted by Gasteiger charge is 2.40. The van der Waals surface area contributed by atoms with Crippen LogP contribution in [0.4, 0.5) is 14.9 Å². The van der Waals surface area contributed by atoms with Crippen molar-refractivity contribution in [1.29, 1.82) is 0 Å². The molecule has 0 radical (unpaired) electrons. The minimum Gasteiger partial charge on any atom is -0.511 e. The van der Waals surface area contributed by atoms with Gasteiger partial charge in [-0.15, -0.1) is 0 Å². The second kappa shape index (κ2) is 17.8. The Bertz CT molecular complexity index is 1370. The van der Waals surface area contributed by atoms with Gasteiger partial charge >= 0.3 is 12.0 Å². The molecule has 9 nitrogen and oxygen atoms in total. The van der Waals surface area contributed by atoms with Crippen molar-refractivity contribution < 1.29 is 38.2 Å². The zero-order valence-corrected chi connectivity index (χ0v) is 29.2. The predicted octanol–water partition coefficient (Wildman–Crippen LogP) is 9.08. The van der Waals surface area contributed by atoms with E-state index in [-0.39, 0.29) is 45.8 Å². The van der Waals surface area contributed by atoms with Crippen molar-refractivity contribution >= 4 is 52.5 Å². The van der Waals surface area contributed by atoms with Crippen LogP contribution in [0.2, 0.25) is 5.02 Å². The van der Waals surface area contributed by atoms with Crippen molar-refractivity contribution in [3.05, 3.63) is 45.6 Å². The van der Waals surface area contributed by atoms with E-state index in [4.69, 9.17) is 25.9 Å². The van der Waals surface area contributed by atoms with Gasteiger partial charge in [0.1, 0.15) is 23.9 Å². The molecule has 3 aliphatic rings. The van der Waals surface area contributed by atoms with E-state index >= 15 is 0 Å². The van der Waals surface area contributed by atoms with E-state index in [2.05, 4.69) is 19.0 Å². The Balaban J connectivity index is 0.000000252. The third-order valence-corrected chi connectivity index (χ3v) is 9.17. The number of benzene rings is 1. The van der Waals surface area contributed by atoms with Crippen LogP contribution in [0.3, 0.4) is 0 Å². The fraction of sp³-hybridized carbons (Fsp3) is 0.588. The van der Waals surface area contributed by atoms with Gasteiger partial charge in [0, 0.05) is 24.2 Å². The molecular formula is C34H46ClFN2O7S. The third-order valence-electron chi connectivity index (χ3n) is 7.78. The van der Waals surface area contributed by atoms with Crippen molar-refractivity contribution in [2.45, 2.75) is 111 Å². The molecule has 12 heteroatoms. The Morgan fingerprint density at radius 3 is 2.43 bits per heavy atom. The number of hydrogen-bond acceptors (Lipinski definition) is 9. The Morgan fingerprint density at radius 1 is 1.17 bits per heavy atom. The molecule has 0 aromatic heterocycles.